The van der Waals surface area contributed by atoms with Crippen LogP contribution in [-0.2, 0) is 20.4 Å². The predicted octanol–water partition coefficient (Wildman–Crippen LogP) is 3.93. The Morgan fingerprint density at radius 3 is 2.27 bits per heavy atom. The summed E-state index contributed by atoms with van der Waals surface area (Å²) in [4.78, 5) is 26.8. The van der Waals surface area contributed by atoms with Crippen LogP contribution in [-0.4, -0.2) is 41.4 Å². The molecule has 1 saturated carbocycles. The molecule has 1 heterocycles. The molecule has 2 aromatic rings. The molecule has 2 atom stereocenters. The Labute approximate surface area is 174 Å². The van der Waals surface area contributed by atoms with Crippen molar-refractivity contribution in [3.05, 3.63) is 71.3 Å². The lowest BCUT2D eigenvalue weighted by atomic mass is 9.70. The standard InChI is InChI=1S/C24H25F2NO3/c1-16(28)23(17-5-3-2-4-6-17)9-11-27(12-10-23)15-19-14-24(19,22(29)30)18-7-8-20(25)21(26)13-18/h2-8,13,19H,9-12,14-15H2,1H3,(H,29,30)/t19-,24+/m0/s1. The number of carboxylic acid groups (broad SMARTS) is 1. The topological polar surface area (TPSA) is 57.6 Å². The smallest absolute Gasteiger partial charge is 0.314 e. The Kier molecular flexibility index (Phi) is 5.22. The molecule has 4 rings (SSSR count). The number of carboxylic acids is 1. The van der Waals surface area contributed by atoms with Gasteiger partial charge < -0.3 is 10.0 Å². The van der Waals surface area contributed by atoms with Gasteiger partial charge in [0.05, 0.1) is 10.8 Å². The highest BCUT2D eigenvalue weighted by Crippen LogP contribution is 2.55. The maximum atomic E-state index is 13.7. The second-order valence-corrected chi connectivity index (χ2v) is 8.61. The molecule has 1 aliphatic heterocycles. The number of carbonyl (C=O) groups excluding carboxylic acids is 1. The van der Waals surface area contributed by atoms with Crippen molar-refractivity contribution in [3.63, 3.8) is 0 Å². The lowest BCUT2D eigenvalue weighted by Gasteiger charge is -2.41. The van der Waals surface area contributed by atoms with Crippen molar-refractivity contribution in [1.82, 2.24) is 4.90 Å². The van der Waals surface area contributed by atoms with Crippen LogP contribution in [0.15, 0.2) is 48.5 Å². The second-order valence-electron chi connectivity index (χ2n) is 8.61. The van der Waals surface area contributed by atoms with E-state index in [1.165, 1.54) is 6.07 Å². The molecule has 0 unspecified atom stereocenters. The van der Waals surface area contributed by atoms with E-state index in [9.17, 15) is 23.5 Å². The van der Waals surface area contributed by atoms with E-state index in [1.807, 2.05) is 30.3 Å². The van der Waals surface area contributed by atoms with E-state index in [-0.39, 0.29) is 11.7 Å². The minimum Gasteiger partial charge on any atom is -0.481 e. The van der Waals surface area contributed by atoms with Crippen LogP contribution in [0.25, 0.3) is 0 Å². The van der Waals surface area contributed by atoms with Gasteiger partial charge in [0.2, 0.25) is 0 Å². The zero-order valence-electron chi connectivity index (χ0n) is 16.9. The highest BCUT2D eigenvalue weighted by molar-refractivity contribution is 5.88. The molecular weight excluding hydrogens is 388 g/mol. The highest BCUT2D eigenvalue weighted by atomic mass is 19.2. The Hall–Kier alpha value is -2.60. The molecule has 2 fully saturated rings. The van der Waals surface area contributed by atoms with Gasteiger partial charge in [0.25, 0.3) is 0 Å². The van der Waals surface area contributed by atoms with Crippen LogP contribution >= 0.6 is 0 Å². The number of rotatable bonds is 6. The lowest BCUT2D eigenvalue weighted by molar-refractivity contribution is -0.140. The third kappa shape index (κ3) is 3.33. The van der Waals surface area contributed by atoms with Gasteiger partial charge >= 0.3 is 5.97 Å². The van der Waals surface area contributed by atoms with Gasteiger partial charge in [0.15, 0.2) is 11.6 Å². The maximum absolute atomic E-state index is 13.7. The van der Waals surface area contributed by atoms with Gasteiger partial charge in [-0.3, -0.25) is 9.59 Å². The molecule has 2 aliphatic rings. The molecule has 0 spiro atoms. The van der Waals surface area contributed by atoms with Crippen molar-refractivity contribution < 1.29 is 23.5 Å². The number of Topliss-reactive ketones (excluding diaryl/α,β-unsaturated/α-hetero) is 1. The summed E-state index contributed by atoms with van der Waals surface area (Å²) in [7, 11) is 0. The normalized spacial score (nSPS) is 25.6. The number of hydrogen-bond donors (Lipinski definition) is 1. The molecule has 0 aromatic heterocycles. The van der Waals surface area contributed by atoms with Crippen molar-refractivity contribution in [2.24, 2.45) is 5.92 Å². The van der Waals surface area contributed by atoms with E-state index in [1.54, 1.807) is 6.92 Å². The SMILES string of the molecule is CC(=O)C1(c2ccccc2)CCN(C[C@@H]2C[C@@]2(C(=O)O)c2ccc(F)c(F)c2)CC1. The summed E-state index contributed by atoms with van der Waals surface area (Å²) in [5.74, 6) is -3.01. The van der Waals surface area contributed by atoms with Crippen LogP contribution in [0.1, 0.15) is 37.3 Å². The molecule has 4 nitrogen and oxygen atoms in total. The van der Waals surface area contributed by atoms with Gasteiger partial charge in [-0.05, 0) is 68.5 Å². The molecule has 1 aliphatic carbocycles. The van der Waals surface area contributed by atoms with Crippen LogP contribution < -0.4 is 0 Å². The fraction of sp³-hybridized carbons (Fsp3) is 0.417. The van der Waals surface area contributed by atoms with Gasteiger partial charge in [0.1, 0.15) is 5.78 Å². The zero-order chi connectivity index (χ0) is 21.5. The first-order valence-electron chi connectivity index (χ1n) is 10.3. The van der Waals surface area contributed by atoms with Crippen molar-refractivity contribution in [2.75, 3.05) is 19.6 Å². The highest BCUT2D eigenvalue weighted by Gasteiger charge is 2.62. The van der Waals surface area contributed by atoms with E-state index in [0.717, 1.165) is 17.7 Å². The predicted molar refractivity (Wildman–Crippen MR) is 108 cm³/mol. The average Bonchev–Trinajstić information content (AvgIpc) is 3.46. The number of nitrogens with zero attached hydrogens (tertiary/aromatic N) is 1. The quantitative estimate of drug-likeness (QED) is 0.780. The monoisotopic (exact) mass is 413 g/mol. The maximum Gasteiger partial charge on any atom is 0.314 e. The Morgan fingerprint density at radius 1 is 1.03 bits per heavy atom. The molecule has 158 valence electrons. The average molecular weight is 413 g/mol. The van der Waals surface area contributed by atoms with Gasteiger partial charge in [0, 0.05) is 6.54 Å². The number of likely N-dealkylation sites (tertiary alicyclic amines) is 1. The minimum absolute atomic E-state index is 0.154. The van der Waals surface area contributed by atoms with Crippen LogP contribution in [0.2, 0.25) is 0 Å². The van der Waals surface area contributed by atoms with Gasteiger partial charge in [-0.15, -0.1) is 0 Å². The van der Waals surface area contributed by atoms with Crippen LogP contribution in [0.5, 0.6) is 0 Å². The van der Waals surface area contributed by atoms with E-state index < -0.39 is 28.4 Å². The molecule has 30 heavy (non-hydrogen) atoms. The number of benzene rings is 2. The fourth-order valence-electron chi connectivity index (χ4n) is 5.09. The number of carbonyl (C=O) groups is 2. The molecule has 0 bridgehead atoms. The molecule has 2 aromatic carbocycles. The number of hydrogen-bond acceptors (Lipinski definition) is 3. The second kappa shape index (κ2) is 7.58. The summed E-state index contributed by atoms with van der Waals surface area (Å²) in [6.45, 7) is 3.59. The van der Waals surface area contributed by atoms with E-state index in [2.05, 4.69) is 4.90 Å². The Balaban J connectivity index is 1.47. The molecule has 0 radical (unpaired) electrons. The fourth-order valence-corrected chi connectivity index (χ4v) is 5.09. The summed E-state index contributed by atoms with van der Waals surface area (Å²) >= 11 is 0. The van der Waals surface area contributed by atoms with Crippen LogP contribution in [0, 0.1) is 17.6 Å². The first kappa shape index (κ1) is 20.7. The summed E-state index contributed by atoms with van der Waals surface area (Å²) in [6.07, 6.45) is 1.77. The molecule has 1 N–H and O–H groups in total. The number of piperidine rings is 1. The number of halogens is 2. The third-order valence-corrected chi connectivity index (χ3v) is 7.11. The van der Waals surface area contributed by atoms with Crippen molar-refractivity contribution in [1.29, 1.82) is 0 Å². The van der Waals surface area contributed by atoms with Gasteiger partial charge in [-0.2, -0.15) is 0 Å². The summed E-state index contributed by atoms with van der Waals surface area (Å²) in [5, 5.41) is 9.84. The molecule has 0 amide bonds. The van der Waals surface area contributed by atoms with Gasteiger partial charge in [-0.25, -0.2) is 8.78 Å². The molecular formula is C24H25F2NO3. The zero-order valence-corrected chi connectivity index (χ0v) is 16.9. The largest absolute Gasteiger partial charge is 0.481 e. The van der Waals surface area contributed by atoms with Gasteiger partial charge in [-0.1, -0.05) is 36.4 Å². The first-order valence-corrected chi connectivity index (χ1v) is 10.3. The van der Waals surface area contributed by atoms with Crippen molar-refractivity contribution in [2.45, 2.75) is 37.0 Å². The summed E-state index contributed by atoms with van der Waals surface area (Å²) in [5.41, 5.74) is -0.308. The third-order valence-electron chi connectivity index (χ3n) is 7.11. The van der Waals surface area contributed by atoms with E-state index in [0.29, 0.717) is 44.5 Å². The Bertz CT molecular complexity index is 970. The Morgan fingerprint density at radius 2 is 1.70 bits per heavy atom. The lowest BCUT2D eigenvalue weighted by Crippen LogP contribution is -2.47. The summed E-state index contributed by atoms with van der Waals surface area (Å²) < 4.78 is 27.0. The minimum atomic E-state index is -1.16. The summed E-state index contributed by atoms with van der Waals surface area (Å²) in [6, 6.07) is 13.2. The number of aliphatic carboxylic acids is 1. The van der Waals surface area contributed by atoms with E-state index >= 15 is 0 Å². The first-order chi connectivity index (χ1) is 14.3. The molecule has 6 heteroatoms. The van der Waals surface area contributed by atoms with Crippen molar-refractivity contribution in [3.8, 4) is 0 Å². The van der Waals surface area contributed by atoms with Crippen LogP contribution in [0.4, 0.5) is 8.78 Å². The molecule has 1 saturated heterocycles. The van der Waals surface area contributed by atoms with Crippen molar-refractivity contribution >= 4 is 11.8 Å². The van der Waals surface area contributed by atoms with Crippen LogP contribution in [0.3, 0.4) is 0 Å². The van der Waals surface area contributed by atoms with E-state index in [4.69, 9.17) is 0 Å². The number of ketones is 1.